The molecule has 1 amide bonds. The van der Waals surface area contributed by atoms with E-state index in [1.807, 2.05) is 19.1 Å². The third-order valence-corrected chi connectivity index (χ3v) is 6.96. The number of fused-ring (bicyclic) bond motifs is 1. The van der Waals surface area contributed by atoms with Crippen LogP contribution in [0.1, 0.15) is 34.5 Å². The molecule has 0 bridgehead atoms. The molecule has 0 spiro atoms. The minimum atomic E-state index is -1.88. The second-order valence-electron chi connectivity index (χ2n) is 9.39. The average Bonchev–Trinajstić information content (AvgIpc) is 3.34. The Morgan fingerprint density at radius 3 is 2.84 bits per heavy atom. The molecule has 1 aromatic carbocycles. The molecule has 2 unspecified atom stereocenters. The van der Waals surface area contributed by atoms with Gasteiger partial charge in [0.15, 0.2) is 17.6 Å². The molecule has 1 aliphatic heterocycles. The Bertz CT molecular complexity index is 1360. The summed E-state index contributed by atoms with van der Waals surface area (Å²) in [5.74, 6) is -0.0304. The summed E-state index contributed by atoms with van der Waals surface area (Å²) >= 11 is 0. The van der Waals surface area contributed by atoms with E-state index in [2.05, 4.69) is 25.9 Å². The summed E-state index contributed by atoms with van der Waals surface area (Å²) in [7, 11) is 1.34. The van der Waals surface area contributed by atoms with Gasteiger partial charge in [0.2, 0.25) is 0 Å². The summed E-state index contributed by atoms with van der Waals surface area (Å²) < 4.78 is 35.9. The summed E-state index contributed by atoms with van der Waals surface area (Å²) in [6.45, 7) is 4.55. The van der Waals surface area contributed by atoms with Crippen molar-refractivity contribution in [1.82, 2.24) is 25.0 Å². The number of nitrogens with one attached hydrogen (secondary N) is 3. The van der Waals surface area contributed by atoms with E-state index in [1.54, 1.807) is 22.9 Å². The first-order chi connectivity index (χ1) is 18.0. The second kappa shape index (κ2) is 10.8. The second-order valence-corrected chi connectivity index (χ2v) is 9.39. The summed E-state index contributed by atoms with van der Waals surface area (Å²) in [6.07, 6.45) is 7.00. The number of anilines is 2. The van der Waals surface area contributed by atoms with E-state index in [4.69, 9.17) is 4.74 Å². The van der Waals surface area contributed by atoms with E-state index >= 15 is 0 Å². The zero-order chi connectivity index (χ0) is 25.9. The molecule has 1 saturated heterocycles. The van der Waals surface area contributed by atoms with Gasteiger partial charge in [0.25, 0.3) is 5.91 Å². The van der Waals surface area contributed by atoms with Gasteiger partial charge >= 0.3 is 0 Å². The van der Waals surface area contributed by atoms with E-state index < -0.39 is 18.1 Å². The number of imidazole rings is 1. The van der Waals surface area contributed by atoms with Crippen molar-refractivity contribution in [2.24, 2.45) is 5.92 Å². The smallest absolute Gasteiger partial charge is 0.251 e. The largest absolute Gasteiger partial charge is 0.374 e. The van der Waals surface area contributed by atoms with Crippen LogP contribution in [0.2, 0.25) is 0 Å². The molecule has 10 heteroatoms. The average molecular weight is 509 g/mol. The van der Waals surface area contributed by atoms with E-state index in [1.165, 1.54) is 25.5 Å². The number of hydrogen-bond acceptors (Lipinski definition) is 6. The van der Waals surface area contributed by atoms with Gasteiger partial charge < -0.3 is 20.7 Å². The number of allylic oxidation sites excluding steroid dienone is 2. The summed E-state index contributed by atoms with van der Waals surface area (Å²) in [5.41, 5.74) is 3.15. The number of halogens is 2. The van der Waals surface area contributed by atoms with Gasteiger partial charge in [0.05, 0.1) is 11.9 Å². The number of nitrogens with zero attached hydrogens (tertiary/aromatic N) is 3. The molecule has 2 aliphatic rings. The minimum Gasteiger partial charge on any atom is -0.374 e. The Labute approximate surface area is 213 Å². The third kappa shape index (κ3) is 5.12. The molecule has 2 aromatic heterocycles. The van der Waals surface area contributed by atoms with Gasteiger partial charge in [-0.05, 0) is 62.5 Å². The number of hydrogen-bond donors (Lipinski definition) is 3. The maximum Gasteiger partial charge on any atom is 0.251 e. The van der Waals surface area contributed by atoms with Gasteiger partial charge in [-0.3, -0.25) is 9.20 Å². The SMILES string of the molecule is COC1C=CC(c2cnc3c(Nc4ccc(C(=O)NCC5CCNCC5)c(C)c4)nccn23)=C(F)C1F. The number of alkyl halides is 1. The Morgan fingerprint density at radius 1 is 1.27 bits per heavy atom. The number of carbonyl (C=O) groups is 1. The van der Waals surface area contributed by atoms with Crippen molar-refractivity contribution in [2.75, 3.05) is 32.1 Å². The van der Waals surface area contributed by atoms with E-state index in [0.29, 0.717) is 35.2 Å². The van der Waals surface area contributed by atoms with Gasteiger partial charge in [0.1, 0.15) is 11.9 Å². The van der Waals surface area contributed by atoms with Gasteiger partial charge in [-0.1, -0.05) is 12.2 Å². The normalized spacial score (nSPS) is 20.4. The van der Waals surface area contributed by atoms with Crippen molar-refractivity contribution in [3.63, 3.8) is 0 Å². The van der Waals surface area contributed by atoms with Gasteiger partial charge in [-0.25, -0.2) is 18.7 Å². The monoisotopic (exact) mass is 508 g/mol. The van der Waals surface area contributed by atoms with E-state index in [-0.39, 0.29) is 11.5 Å². The predicted molar refractivity (Wildman–Crippen MR) is 138 cm³/mol. The molecule has 3 aromatic rings. The molecule has 1 aliphatic carbocycles. The number of benzene rings is 1. The van der Waals surface area contributed by atoms with Crippen LogP contribution in [-0.2, 0) is 4.74 Å². The molecule has 37 heavy (non-hydrogen) atoms. The fourth-order valence-corrected chi connectivity index (χ4v) is 4.82. The van der Waals surface area contributed by atoms with Crippen LogP contribution in [0.25, 0.3) is 11.2 Å². The lowest BCUT2D eigenvalue weighted by Crippen LogP contribution is -2.36. The first-order valence-electron chi connectivity index (χ1n) is 12.4. The highest BCUT2D eigenvalue weighted by molar-refractivity contribution is 5.96. The van der Waals surface area contributed by atoms with Crippen LogP contribution in [0.15, 0.2) is 54.8 Å². The number of amides is 1. The Balaban J connectivity index is 1.33. The fraction of sp³-hybridized carbons (Fsp3) is 0.370. The third-order valence-electron chi connectivity index (χ3n) is 6.96. The minimum absolute atomic E-state index is 0.0848. The predicted octanol–water partition coefficient (Wildman–Crippen LogP) is 4.11. The summed E-state index contributed by atoms with van der Waals surface area (Å²) in [4.78, 5) is 21.5. The number of rotatable bonds is 7. The number of aryl methyl sites for hydroxylation is 1. The Kier molecular flexibility index (Phi) is 7.29. The molecular formula is C27H30F2N6O2. The van der Waals surface area contributed by atoms with Gasteiger partial charge in [-0.2, -0.15) is 0 Å². The zero-order valence-electron chi connectivity index (χ0n) is 20.8. The van der Waals surface area contributed by atoms with Crippen LogP contribution < -0.4 is 16.0 Å². The summed E-state index contributed by atoms with van der Waals surface area (Å²) in [5, 5.41) is 9.63. The first-order valence-corrected chi connectivity index (χ1v) is 12.4. The van der Waals surface area contributed by atoms with Crippen LogP contribution >= 0.6 is 0 Å². The van der Waals surface area contributed by atoms with Crippen molar-refractivity contribution < 1.29 is 18.3 Å². The molecule has 5 rings (SSSR count). The standard InChI is InChI=1S/C27H30F2N6O2/c1-16-13-18(3-4-19(16)27(36)33-14-17-7-9-30-10-8-17)34-25-26-32-15-21(35(26)12-11-31-25)20-5-6-22(37-2)24(29)23(20)28/h3-6,11-13,15,17,22,24,30H,7-10,14H2,1-2H3,(H,31,34)(H,33,36). The fourth-order valence-electron chi connectivity index (χ4n) is 4.82. The van der Waals surface area contributed by atoms with Crippen molar-refractivity contribution in [2.45, 2.75) is 32.0 Å². The highest BCUT2D eigenvalue weighted by Crippen LogP contribution is 2.33. The van der Waals surface area contributed by atoms with Gasteiger partial charge in [0, 0.05) is 42.9 Å². The number of ether oxygens (including phenoxy) is 1. The van der Waals surface area contributed by atoms with Crippen molar-refractivity contribution in [1.29, 1.82) is 0 Å². The molecule has 194 valence electrons. The molecule has 0 saturated carbocycles. The van der Waals surface area contributed by atoms with Gasteiger partial charge in [-0.15, -0.1) is 0 Å². The van der Waals surface area contributed by atoms with Crippen LogP contribution in [0.5, 0.6) is 0 Å². The molecule has 0 radical (unpaired) electrons. The number of methoxy groups -OCH3 is 1. The van der Waals surface area contributed by atoms with Crippen LogP contribution in [0, 0.1) is 12.8 Å². The van der Waals surface area contributed by atoms with Crippen LogP contribution in [-0.4, -0.2) is 59.3 Å². The molecule has 2 atom stereocenters. The molecule has 1 fully saturated rings. The lowest BCUT2D eigenvalue weighted by Gasteiger charge is -2.23. The highest BCUT2D eigenvalue weighted by atomic mass is 19.2. The lowest BCUT2D eigenvalue weighted by atomic mass is 9.98. The van der Waals surface area contributed by atoms with Crippen molar-refractivity contribution in [3.8, 4) is 0 Å². The number of aromatic nitrogens is 3. The number of carbonyl (C=O) groups excluding carboxylic acids is 1. The maximum absolute atomic E-state index is 14.8. The summed E-state index contributed by atoms with van der Waals surface area (Å²) in [6, 6.07) is 5.47. The van der Waals surface area contributed by atoms with Crippen molar-refractivity contribution in [3.05, 3.63) is 71.6 Å². The van der Waals surface area contributed by atoms with Crippen LogP contribution in [0.4, 0.5) is 20.3 Å². The Morgan fingerprint density at radius 2 is 2.08 bits per heavy atom. The van der Waals surface area contributed by atoms with Crippen LogP contribution in [0.3, 0.4) is 0 Å². The zero-order valence-corrected chi connectivity index (χ0v) is 20.8. The van der Waals surface area contributed by atoms with Crippen molar-refractivity contribution >= 4 is 28.6 Å². The van der Waals surface area contributed by atoms with E-state index in [0.717, 1.165) is 37.2 Å². The topological polar surface area (TPSA) is 92.6 Å². The Hall–Kier alpha value is -3.63. The highest BCUT2D eigenvalue weighted by Gasteiger charge is 2.30. The first kappa shape index (κ1) is 25.0. The molecule has 3 heterocycles. The molecule has 3 N–H and O–H groups in total. The molecular weight excluding hydrogens is 478 g/mol. The quantitative estimate of drug-likeness (QED) is 0.445. The number of piperidine rings is 1. The lowest BCUT2D eigenvalue weighted by molar-refractivity contribution is 0.0715. The van der Waals surface area contributed by atoms with E-state index in [9.17, 15) is 13.6 Å². The molecule has 8 nitrogen and oxygen atoms in total. The maximum atomic E-state index is 14.8.